The second-order valence-corrected chi connectivity index (χ2v) is 4.29. The lowest BCUT2D eigenvalue weighted by Gasteiger charge is -2.16. The van der Waals surface area contributed by atoms with Gasteiger partial charge in [-0.1, -0.05) is 19.9 Å². The van der Waals surface area contributed by atoms with E-state index in [1.165, 1.54) is 6.07 Å². The molecule has 1 atom stereocenters. The highest BCUT2D eigenvalue weighted by Gasteiger charge is 2.10. The quantitative estimate of drug-likeness (QED) is 0.801. The van der Waals surface area contributed by atoms with Gasteiger partial charge < -0.3 is 15.8 Å². The maximum absolute atomic E-state index is 13.6. The van der Waals surface area contributed by atoms with E-state index >= 15 is 0 Å². The van der Waals surface area contributed by atoms with Crippen molar-refractivity contribution < 1.29 is 9.13 Å². The minimum Gasteiger partial charge on any atom is -0.491 e. The number of rotatable bonds is 6. The van der Waals surface area contributed by atoms with Gasteiger partial charge in [0.05, 0.1) is 6.61 Å². The summed E-state index contributed by atoms with van der Waals surface area (Å²) in [5, 5.41) is 3.22. The van der Waals surface area contributed by atoms with Crippen molar-refractivity contribution in [1.82, 2.24) is 5.32 Å². The molecule has 3 N–H and O–H groups in total. The molecule has 4 heteroatoms. The number of ether oxygens (including phenoxy) is 1. The second kappa shape index (κ2) is 6.57. The van der Waals surface area contributed by atoms with Gasteiger partial charge in [0.25, 0.3) is 0 Å². The first-order valence-corrected chi connectivity index (χ1v) is 5.95. The molecule has 0 saturated carbocycles. The van der Waals surface area contributed by atoms with Gasteiger partial charge in [0.15, 0.2) is 11.6 Å². The van der Waals surface area contributed by atoms with Crippen LogP contribution in [0, 0.1) is 5.82 Å². The van der Waals surface area contributed by atoms with Gasteiger partial charge in [0.2, 0.25) is 0 Å². The summed E-state index contributed by atoms with van der Waals surface area (Å²) in [7, 11) is 0. The fourth-order valence-corrected chi connectivity index (χ4v) is 1.50. The number of hydrogen-bond donors (Lipinski definition) is 2. The molecule has 0 heterocycles. The normalized spacial score (nSPS) is 12.8. The summed E-state index contributed by atoms with van der Waals surface area (Å²) < 4.78 is 18.7. The Morgan fingerprint density at radius 2 is 2.12 bits per heavy atom. The van der Waals surface area contributed by atoms with Crippen molar-refractivity contribution in [2.75, 3.05) is 13.2 Å². The van der Waals surface area contributed by atoms with E-state index in [-0.39, 0.29) is 17.6 Å². The number of benzene rings is 1. The van der Waals surface area contributed by atoms with E-state index < -0.39 is 0 Å². The second-order valence-electron chi connectivity index (χ2n) is 4.29. The first-order valence-electron chi connectivity index (χ1n) is 5.95. The Morgan fingerprint density at radius 3 is 2.65 bits per heavy atom. The summed E-state index contributed by atoms with van der Waals surface area (Å²) in [6, 6.07) is 5.04. The van der Waals surface area contributed by atoms with Crippen LogP contribution in [0.4, 0.5) is 4.39 Å². The third kappa shape index (κ3) is 4.32. The van der Waals surface area contributed by atoms with Crippen LogP contribution < -0.4 is 15.8 Å². The van der Waals surface area contributed by atoms with E-state index in [1.807, 2.05) is 20.8 Å². The van der Waals surface area contributed by atoms with E-state index in [0.717, 1.165) is 5.56 Å². The van der Waals surface area contributed by atoms with Crippen LogP contribution in [0.2, 0.25) is 0 Å². The minimum atomic E-state index is -0.357. The molecule has 0 saturated heterocycles. The van der Waals surface area contributed by atoms with Crippen LogP contribution in [0.5, 0.6) is 5.75 Å². The number of halogens is 1. The maximum Gasteiger partial charge on any atom is 0.165 e. The molecule has 17 heavy (non-hydrogen) atoms. The monoisotopic (exact) mass is 240 g/mol. The average Bonchev–Trinajstić information content (AvgIpc) is 2.28. The van der Waals surface area contributed by atoms with Crippen LogP contribution in [0.25, 0.3) is 0 Å². The third-order valence-corrected chi connectivity index (χ3v) is 2.43. The average molecular weight is 240 g/mol. The molecule has 1 rings (SSSR count). The topological polar surface area (TPSA) is 47.3 Å². The first kappa shape index (κ1) is 13.9. The summed E-state index contributed by atoms with van der Waals surface area (Å²) in [6.07, 6.45) is 0. The largest absolute Gasteiger partial charge is 0.491 e. The van der Waals surface area contributed by atoms with Crippen molar-refractivity contribution in [2.45, 2.75) is 32.9 Å². The lowest BCUT2D eigenvalue weighted by Crippen LogP contribution is -2.31. The van der Waals surface area contributed by atoms with Gasteiger partial charge in [-0.15, -0.1) is 0 Å². The Morgan fingerprint density at radius 1 is 1.41 bits per heavy atom. The van der Waals surface area contributed by atoms with Crippen molar-refractivity contribution >= 4 is 0 Å². The zero-order valence-corrected chi connectivity index (χ0v) is 10.7. The molecule has 0 aliphatic heterocycles. The van der Waals surface area contributed by atoms with E-state index in [4.69, 9.17) is 10.5 Å². The van der Waals surface area contributed by atoms with Crippen LogP contribution >= 0.6 is 0 Å². The molecule has 0 aromatic heterocycles. The molecule has 0 fully saturated rings. The molecular formula is C13H21FN2O. The Kier molecular flexibility index (Phi) is 5.38. The highest BCUT2D eigenvalue weighted by molar-refractivity contribution is 5.31. The van der Waals surface area contributed by atoms with Gasteiger partial charge in [0.1, 0.15) is 0 Å². The number of nitrogens with one attached hydrogen (secondary N) is 1. The highest BCUT2D eigenvalue weighted by Crippen LogP contribution is 2.21. The van der Waals surface area contributed by atoms with Gasteiger partial charge in [-0.2, -0.15) is 0 Å². The van der Waals surface area contributed by atoms with Gasteiger partial charge in [0, 0.05) is 18.6 Å². The van der Waals surface area contributed by atoms with Crippen molar-refractivity contribution in [2.24, 2.45) is 5.73 Å². The fraction of sp³-hybridized carbons (Fsp3) is 0.538. The molecule has 0 radical (unpaired) electrons. The van der Waals surface area contributed by atoms with Gasteiger partial charge >= 0.3 is 0 Å². The fourth-order valence-electron chi connectivity index (χ4n) is 1.50. The summed E-state index contributed by atoms with van der Waals surface area (Å²) >= 11 is 0. The van der Waals surface area contributed by atoms with Crippen molar-refractivity contribution in [3.8, 4) is 5.75 Å². The molecular weight excluding hydrogens is 219 g/mol. The van der Waals surface area contributed by atoms with Crippen LogP contribution in [0.15, 0.2) is 18.2 Å². The molecule has 0 bridgehead atoms. The summed E-state index contributed by atoms with van der Waals surface area (Å²) in [5.41, 5.74) is 6.74. The van der Waals surface area contributed by atoms with Crippen molar-refractivity contribution in [3.63, 3.8) is 0 Å². The van der Waals surface area contributed by atoms with E-state index in [0.29, 0.717) is 19.2 Å². The Bertz CT molecular complexity index is 355. The van der Waals surface area contributed by atoms with Crippen molar-refractivity contribution in [3.05, 3.63) is 29.6 Å². The molecule has 1 unspecified atom stereocenters. The standard InChI is InChI=1S/C13H21FN2O/c1-4-17-13-6-5-10(7-11(13)14)12(15)8-16-9(2)3/h5-7,9,12,16H,4,8,15H2,1-3H3. The maximum atomic E-state index is 13.6. The summed E-state index contributed by atoms with van der Waals surface area (Å²) in [5.74, 6) is -0.0791. The molecule has 1 aromatic carbocycles. The van der Waals surface area contributed by atoms with E-state index in [2.05, 4.69) is 5.32 Å². The van der Waals surface area contributed by atoms with Crippen LogP contribution in [-0.2, 0) is 0 Å². The summed E-state index contributed by atoms with van der Waals surface area (Å²) in [4.78, 5) is 0. The lowest BCUT2D eigenvalue weighted by molar-refractivity contribution is 0.321. The van der Waals surface area contributed by atoms with Gasteiger partial charge in [-0.25, -0.2) is 4.39 Å². The Hall–Kier alpha value is -1.13. The summed E-state index contributed by atoms with van der Waals surface area (Å²) in [6.45, 7) is 7.00. The number of nitrogens with two attached hydrogens (primary N) is 1. The predicted molar refractivity (Wildman–Crippen MR) is 67.6 cm³/mol. The smallest absolute Gasteiger partial charge is 0.165 e. The van der Waals surface area contributed by atoms with Crippen molar-refractivity contribution in [1.29, 1.82) is 0 Å². The molecule has 1 aromatic rings. The zero-order chi connectivity index (χ0) is 12.8. The third-order valence-electron chi connectivity index (χ3n) is 2.43. The zero-order valence-electron chi connectivity index (χ0n) is 10.7. The predicted octanol–water partition coefficient (Wildman–Crippen LogP) is 2.22. The SMILES string of the molecule is CCOc1ccc(C(N)CNC(C)C)cc1F. The molecule has 3 nitrogen and oxygen atoms in total. The van der Waals surface area contributed by atoms with Crippen LogP contribution in [0.1, 0.15) is 32.4 Å². The molecule has 0 aliphatic carbocycles. The Balaban J connectivity index is 2.68. The van der Waals surface area contributed by atoms with E-state index in [1.54, 1.807) is 12.1 Å². The molecule has 96 valence electrons. The highest BCUT2D eigenvalue weighted by atomic mass is 19.1. The molecule has 0 spiro atoms. The Labute approximate surface area is 102 Å². The minimum absolute atomic E-state index is 0.206. The van der Waals surface area contributed by atoms with E-state index in [9.17, 15) is 4.39 Å². The van der Waals surface area contributed by atoms with Crippen LogP contribution in [-0.4, -0.2) is 19.2 Å². The van der Waals surface area contributed by atoms with Gasteiger partial charge in [-0.05, 0) is 24.6 Å². The first-order chi connectivity index (χ1) is 8.04. The van der Waals surface area contributed by atoms with Crippen LogP contribution in [0.3, 0.4) is 0 Å². The number of hydrogen-bond acceptors (Lipinski definition) is 3. The molecule has 0 amide bonds. The molecule has 0 aliphatic rings. The van der Waals surface area contributed by atoms with Gasteiger partial charge in [-0.3, -0.25) is 0 Å². The lowest BCUT2D eigenvalue weighted by atomic mass is 10.1.